The monoisotopic (exact) mass is 316 g/mol. The maximum absolute atomic E-state index is 12.4. The zero-order chi connectivity index (χ0) is 14.8. The van der Waals surface area contributed by atoms with Gasteiger partial charge >= 0.3 is 0 Å². The van der Waals surface area contributed by atoms with Gasteiger partial charge in [-0.1, -0.05) is 13.0 Å². The highest BCUT2D eigenvalue weighted by atomic mass is 32.2. The third kappa shape index (κ3) is 3.11. The van der Waals surface area contributed by atoms with Gasteiger partial charge < -0.3 is 0 Å². The van der Waals surface area contributed by atoms with E-state index in [0.29, 0.717) is 18.0 Å². The molecule has 1 saturated heterocycles. The van der Waals surface area contributed by atoms with Gasteiger partial charge in [0, 0.05) is 32.6 Å². The Hall–Kier alpha value is -0.760. The molecule has 0 unspecified atom stereocenters. The quantitative estimate of drug-likeness (QED) is 0.754. The third-order valence-electron chi connectivity index (χ3n) is 3.68. The van der Waals surface area contributed by atoms with Crippen LogP contribution in [0.1, 0.15) is 35.9 Å². The minimum atomic E-state index is -3.43. The molecule has 1 aromatic heterocycles. The molecule has 1 aliphatic heterocycles. The molecule has 20 heavy (non-hydrogen) atoms. The minimum absolute atomic E-state index is 0.0336. The Bertz CT molecular complexity index is 554. The first kappa shape index (κ1) is 15.6. The number of Topliss-reactive ketones (excluding diaryl/α,β-unsaturated/α-hetero) is 1. The summed E-state index contributed by atoms with van der Waals surface area (Å²) in [4.78, 5) is 12.9. The summed E-state index contributed by atoms with van der Waals surface area (Å²) in [7, 11) is -1.86. The van der Waals surface area contributed by atoms with Gasteiger partial charge in [0.05, 0.1) is 4.88 Å². The average Bonchev–Trinajstić information content (AvgIpc) is 3.08. The summed E-state index contributed by atoms with van der Waals surface area (Å²) in [5, 5.41) is 1.86. The Labute approximate surface area is 124 Å². The van der Waals surface area contributed by atoms with Crippen LogP contribution in [0.4, 0.5) is 0 Å². The van der Waals surface area contributed by atoms with Crippen LogP contribution in [0.3, 0.4) is 0 Å². The molecule has 0 saturated carbocycles. The number of carbonyl (C=O) groups is 1. The van der Waals surface area contributed by atoms with Gasteiger partial charge in [0.25, 0.3) is 10.2 Å². The van der Waals surface area contributed by atoms with Crippen LogP contribution in [0, 0.1) is 0 Å². The number of ketones is 1. The van der Waals surface area contributed by atoms with Crippen LogP contribution in [-0.4, -0.2) is 49.0 Å². The van der Waals surface area contributed by atoms with Gasteiger partial charge in [0.2, 0.25) is 0 Å². The summed E-state index contributed by atoms with van der Waals surface area (Å²) in [5.74, 6) is 0.0336. The van der Waals surface area contributed by atoms with E-state index in [1.807, 2.05) is 11.4 Å². The van der Waals surface area contributed by atoms with Crippen molar-refractivity contribution in [3.63, 3.8) is 0 Å². The number of carbonyl (C=O) groups excluding carboxylic acids is 1. The molecule has 0 aromatic carbocycles. The number of thiophene rings is 1. The largest absolute Gasteiger partial charge is 0.293 e. The highest BCUT2D eigenvalue weighted by Crippen LogP contribution is 2.26. The van der Waals surface area contributed by atoms with Crippen molar-refractivity contribution in [2.75, 3.05) is 20.1 Å². The number of rotatable bonds is 6. The summed E-state index contributed by atoms with van der Waals surface area (Å²) in [6, 6.07) is 3.42. The van der Waals surface area contributed by atoms with E-state index in [1.165, 1.54) is 19.9 Å². The lowest BCUT2D eigenvalue weighted by Gasteiger charge is -2.27. The van der Waals surface area contributed by atoms with E-state index in [1.54, 1.807) is 20.0 Å². The van der Waals surface area contributed by atoms with Crippen molar-refractivity contribution >= 4 is 27.3 Å². The molecule has 1 aromatic rings. The van der Waals surface area contributed by atoms with E-state index in [2.05, 4.69) is 0 Å². The number of nitrogens with zero attached hydrogens (tertiary/aromatic N) is 2. The lowest BCUT2D eigenvalue weighted by Crippen LogP contribution is -2.44. The van der Waals surface area contributed by atoms with E-state index in [-0.39, 0.29) is 18.2 Å². The van der Waals surface area contributed by atoms with Crippen molar-refractivity contribution < 1.29 is 13.2 Å². The van der Waals surface area contributed by atoms with Crippen LogP contribution < -0.4 is 0 Å². The molecule has 1 fully saturated rings. The van der Waals surface area contributed by atoms with Gasteiger partial charge in [-0.3, -0.25) is 4.79 Å². The fourth-order valence-corrected chi connectivity index (χ4v) is 4.69. The number of hydrogen-bond acceptors (Lipinski definition) is 4. The Morgan fingerprint density at radius 1 is 1.55 bits per heavy atom. The predicted octanol–water partition coefficient (Wildman–Crippen LogP) is 1.98. The zero-order valence-corrected chi connectivity index (χ0v) is 13.4. The summed E-state index contributed by atoms with van der Waals surface area (Å²) in [6.07, 6.45) is 1.85. The molecule has 0 amide bonds. The molecular formula is C13H20N2O3S2. The number of hydrogen-bond donors (Lipinski definition) is 0. The second-order valence-corrected chi connectivity index (χ2v) is 7.87. The molecule has 0 radical (unpaired) electrons. The van der Waals surface area contributed by atoms with Crippen LogP contribution >= 0.6 is 11.3 Å². The van der Waals surface area contributed by atoms with E-state index >= 15 is 0 Å². The first-order valence-electron chi connectivity index (χ1n) is 6.76. The van der Waals surface area contributed by atoms with Crippen molar-refractivity contribution in [2.24, 2.45) is 0 Å². The maximum atomic E-state index is 12.4. The third-order valence-corrected chi connectivity index (χ3v) is 6.71. The van der Waals surface area contributed by atoms with Crippen LogP contribution in [0.15, 0.2) is 17.5 Å². The molecular weight excluding hydrogens is 296 g/mol. The normalized spacial score (nSPS) is 20.6. The molecule has 5 nitrogen and oxygen atoms in total. The molecule has 0 spiro atoms. The van der Waals surface area contributed by atoms with Gasteiger partial charge in [-0.15, -0.1) is 11.3 Å². The fraction of sp³-hybridized carbons (Fsp3) is 0.615. The Kier molecular flexibility index (Phi) is 4.95. The summed E-state index contributed by atoms with van der Waals surface area (Å²) in [6.45, 7) is 2.75. The highest BCUT2D eigenvalue weighted by Gasteiger charge is 2.37. The molecule has 0 N–H and O–H groups in total. The molecule has 1 aliphatic rings. The van der Waals surface area contributed by atoms with Gasteiger partial charge in [-0.05, 0) is 24.3 Å². The van der Waals surface area contributed by atoms with Gasteiger partial charge in [0.1, 0.15) is 0 Å². The van der Waals surface area contributed by atoms with E-state index < -0.39 is 10.2 Å². The molecule has 7 heteroatoms. The molecule has 1 atom stereocenters. The second-order valence-electron chi connectivity index (χ2n) is 4.93. The molecule has 0 aliphatic carbocycles. The van der Waals surface area contributed by atoms with Gasteiger partial charge in [0.15, 0.2) is 5.78 Å². The van der Waals surface area contributed by atoms with Crippen molar-refractivity contribution in [1.82, 2.24) is 8.61 Å². The van der Waals surface area contributed by atoms with Crippen LogP contribution in [-0.2, 0) is 10.2 Å². The Balaban J connectivity index is 2.10. The van der Waals surface area contributed by atoms with Crippen molar-refractivity contribution in [1.29, 1.82) is 0 Å². The Morgan fingerprint density at radius 2 is 2.30 bits per heavy atom. The topological polar surface area (TPSA) is 57.7 Å². The maximum Gasteiger partial charge on any atom is 0.281 e. The van der Waals surface area contributed by atoms with E-state index in [9.17, 15) is 13.2 Å². The minimum Gasteiger partial charge on any atom is -0.293 e. The lowest BCUT2D eigenvalue weighted by molar-refractivity contribution is 0.0964. The summed E-state index contributed by atoms with van der Waals surface area (Å²) < 4.78 is 27.6. The molecule has 2 rings (SSSR count). The second kappa shape index (κ2) is 6.34. The van der Waals surface area contributed by atoms with Crippen molar-refractivity contribution in [3.05, 3.63) is 22.4 Å². The SMILES string of the molecule is CCN(C)S(=O)(=O)N1CCC[C@@H]1CC(=O)c1cccs1. The van der Waals surface area contributed by atoms with E-state index in [0.717, 1.165) is 12.8 Å². The summed E-state index contributed by atoms with van der Waals surface area (Å²) >= 11 is 1.41. The van der Waals surface area contributed by atoms with Crippen molar-refractivity contribution in [2.45, 2.75) is 32.2 Å². The van der Waals surface area contributed by atoms with Crippen LogP contribution in [0.25, 0.3) is 0 Å². The predicted molar refractivity (Wildman–Crippen MR) is 80.2 cm³/mol. The standard InChI is InChI=1S/C13H20N2O3S2/c1-3-14(2)20(17,18)15-8-4-6-11(15)10-12(16)13-7-5-9-19-13/h5,7,9,11H,3-4,6,8,10H2,1-2H3/t11-/m1/s1. The molecule has 2 heterocycles. The van der Waals surface area contributed by atoms with Gasteiger partial charge in [-0.25, -0.2) is 0 Å². The van der Waals surface area contributed by atoms with Gasteiger partial charge in [-0.2, -0.15) is 17.0 Å². The highest BCUT2D eigenvalue weighted by molar-refractivity contribution is 7.86. The fourth-order valence-electron chi connectivity index (χ4n) is 2.41. The first-order valence-corrected chi connectivity index (χ1v) is 9.04. The summed E-state index contributed by atoms with van der Waals surface area (Å²) in [5.41, 5.74) is 0. The Morgan fingerprint density at radius 3 is 2.90 bits per heavy atom. The first-order chi connectivity index (χ1) is 9.46. The van der Waals surface area contributed by atoms with Crippen molar-refractivity contribution in [3.8, 4) is 0 Å². The molecule has 0 bridgehead atoms. The smallest absolute Gasteiger partial charge is 0.281 e. The lowest BCUT2D eigenvalue weighted by atomic mass is 10.1. The zero-order valence-electron chi connectivity index (χ0n) is 11.8. The molecule has 112 valence electrons. The van der Waals surface area contributed by atoms with E-state index in [4.69, 9.17) is 0 Å². The van der Waals surface area contributed by atoms with Crippen LogP contribution in [0.2, 0.25) is 0 Å². The average molecular weight is 316 g/mol. The van der Waals surface area contributed by atoms with Crippen LogP contribution in [0.5, 0.6) is 0 Å².